The van der Waals surface area contributed by atoms with Crippen LogP contribution >= 0.6 is 11.6 Å². The third kappa shape index (κ3) is 5.19. The predicted octanol–water partition coefficient (Wildman–Crippen LogP) is 6.99. The number of nitro benzene ring substituents is 1. The Morgan fingerprint density at radius 2 is 1.36 bits per heavy atom. The zero-order valence-electron chi connectivity index (χ0n) is 17.3. The number of hydrogen-bond acceptors (Lipinski definition) is 5. The molecule has 0 aliphatic heterocycles. The van der Waals surface area contributed by atoms with Crippen LogP contribution in [0, 0.1) is 10.1 Å². The molecule has 164 valence electrons. The summed E-state index contributed by atoms with van der Waals surface area (Å²) in [6.45, 7) is 0. The lowest BCUT2D eigenvalue weighted by molar-refractivity contribution is -0.385. The van der Waals surface area contributed by atoms with Crippen molar-refractivity contribution in [3.63, 3.8) is 0 Å². The third-order valence-corrected chi connectivity index (χ3v) is 5.18. The average Bonchev–Trinajstić information content (AvgIpc) is 2.85. The fraction of sp³-hybridized carbons (Fsp3) is 0.0385. The molecule has 0 aliphatic carbocycles. The Balaban J connectivity index is 1.54. The first kappa shape index (κ1) is 22.0. The Hall–Kier alpha value is -4.16. The van der Waals surface area contributed by atoms with Crippen LogP contribution in [0.4, 0.5) is 5.69 Å². The molecule has 0 fully saturated rings. The highest BCUT2D eigenvalue weighted by atomic mass is 35.5. The van der Waals surface area contributed by atoms with E-state index in [2.05, 4.69) is 0 Å². The van der Waals surface area contributed by atoms with Crippen LogP contribution in [-0.4, -0.2) is 10.9 Å². The molecule has 0 saturated heterocycles. The summed E-state index contributed by atoms with van der Waals surface area (Å²) in [4.78, 5) is 23.6. The van der Waals surface area contributed by atoms with E-state index in [0.717, 1.165) is 11.1 Å². The van der Waals surface area contributed by atoms with E-state index >= 15 is 0 Å². The molecule has 0 spiro atoms. The fourth-order valence-corrected chi connectivity index (χ4v) is 3.49. The first-order chi connectivity index (χ1) is 16.0. The van der Waals surface area contributed by atoms with Gasteiger partial charge in [-0.15, -0.1) is 0 Å². The monoisotopic (exact) mass is 459 g/mol. The maximum atomic E-state index is 12.9. The van der Waals surface area contributed by atoms with Crippen LogP contribution in [0.25, 0.3) is 0 Å². The molecule has 4 rings (SSSR count). The van der Waals surface area contributed by atoms with E-state index < -0.39 is 17.0 Å². The Bertz CT molecular complexity index is 1220. The van der Waals surface area contributed by atoms with Gasteiger partial charge in [0, 0.05) is 6.07 Å². The Morgan fingerprint density at radius 3 is 1.91 bits per heavy atom. The summed E-state index contributed by atoms with van der Waals surface area (Å²) in [5.41, 5.74) is 1.76. The molecule has 0 radical (unpaired) electrons. The molecule has 4 aromatic rings. The number of benzene rings is 4. The minimum atomic E-state index is -0.569. The predicted molar refractivity (Wildman–Crippen MR) is 125 cm³/mol. The van der Waals surface area contributed by atoms with Crippen molar-refractivity contribution in [3.05, 3.63) is 135 Å². The number of nitrogens with zero attached hydrogens (tertiary/aromatic N) is 1. The van der Waals surface area contributed by atoms with Crippen LogP contribution in [0.5, 0.6) is 11.5 Å². The lowest BCUT2D eigenvalue weighted by atomic mass is 10.0. The molecular weight excluding hydrogens is 442 g/mol. The second-order valence-corrected chi connectivity index (χ2v) is 7.49. The van der Waals surface area contributed by atoms with Gasteiger partial charge in [-0.25, -0.2) is 4.79 Å². The fourth-order valence-electron chi connectivity index (χ4n) is 3.28. The molecular formula is C26H18ClNO5. The maximum absolute atomic E-state index is 12.9. The van der Waals surface area contributed by atoms with Gasteiger partial charge in [-0.05, 0) is 41.5 Å². The van der Waals surface area contributed by atoms with Gasteiger partial charge in [0.2, 0.25) is 5.75 Å². The quantitative estimate of drug-likeness (QED) is 0.169. The zero-order chi connectivity index (χ0) is 23.2. The molecule has 7 heteroatoms. The number of rotatable bonds is 7. The van der Waals surface area contributed by atoms with Gasteiger partial charge in [0.05, 0.1) is 15.5 Å². The van der Waals surface area contributed by atoms with Crippen LogP contribution in [-0.2, 0) is 4.74 Å². The summed E-state index contributed by atoms with van der Waals surface area (Å²) >= 11 is 6.08. The lowest BCUT2D eigenvalue weighted by Gasteiger charge is -2.19. The summed E-state index contributed by atoms with van der Waals surface area (Å²) in [7, 11) is 0. The van der Waals surface area contributed by atoms with E-state index in [4.69, 9.17) is 21.1 Å². The Kier molecular flexibility index (Phi) is 6.66. The number of esters is 1. The second kappa shape index (κ2) is 9.97. The molecule has 0 saturated carbocycles. The van der Waals surface area contributed by atoms with Crippen molar-refractivity contribution in [2.45, 2.75) is 6.10 Å². The van der Waals surface area contributed by atoms with Crippen molar-refractivity contribution in [3.8, 4) is 11.5 Å². The van der Waals surface area contributed by atoms with Crippen LogP contribution in [0.15, 0.2) is 103 Å². The molecule has 33 heavy (non-hydrogen) atoms. The molecule has 0 bridgehead atoms. The average molecular weight is 460 g/mol. The summed E-state index contributed by atoms with van der Waals surface area (Å²) in [5.74, 6) is -0.277. The minimum Gasteiger partial charge on any atom is -0.449 e. The molecule has 4 aromatic carbocycles. The van der Waals surface area contributed by atoms with Crippen LogP contribution in [0.3, 0.4) is 0 Å². The summed E-state index contributed by atoms with van der Waals surface area (Å²) in [6.07, 6.45) is -0.568. The van der Waals surface area contributed by atoms with Crippen molar-refractivity contribution in [2.24, 2.45) is 0 Å². The van der Waals surface area contributed by atoms with E-state index in [-0.39, 0.29) is 16.5 Å². The van der Waals surface area contributed by atoms with Crippen molar-refractivity contribution >= 4 is 23.3 Å². The SMILES string of the molecule is O=C(OC(c1ccccc1)c1ccccc1)c1ccc(Oc2c(Cl)cccc2[N+](=O)[O-])cc1. The summed E-state index contributed by atoms with van der Waals surface area (Å²) in [5, 5.41) is 11.4. The van der Waals surface area contributed by atoms with Gasteiger partial charge in [-0.1, -0.05) is 78.3 Å². The number of hydrogen-bond donors (Lipinski definition) is 0. The number of para-hydroxylation sites is 1. The van der Waals surface area contributed by atoms with Gasteiger partial charge in [-0.2, -0.15) is 0 Å². The normalized spacial score (nSPS) is 10.6. The van der Waals surface area contributed by atoms with Gasteiger partial charge in [-0.3, -0.25) is 10.1 Å². The molecule has 0 aliphatic rings. The molecule has 0 unspecified atom stereocenters. The van der Waals surface area contributed by atoms with Gasteiger partial charge in [0.15, 0.2) is 6.10 Å². The number of halogens is 1. The van der Waals surface area contributed by atoms with Gasteiger partial charge >= 0.3 is 11.7 Å². The molecule has 0 atom stereocenters. The zero-order valence-corrected chi connectivity index (χ0v) is 18.0. The summed E-state index contributed by atoms with van der Waals surface area (Å²) < 4.78 is 11.5. The van der Waals surface area contributed by atoms with E-state index in [1.807, 2.05) is 60.7 Å². The summed E-state index contributed by atoms with van der Waals surface area (Å²) in [6, 6.07) is 29.4. The van der Waals surface area contributed by atoms with E-state index in [1.54, 1.807) is 0 Å². The number of nitro groups is 1. The molecule has 0 amide bonds. The molecule has 0 aromatic heterocycles. The van der Waals surface area contributed by atoms with Crippen molar-refractivity contribution in [2.75, 3.05) is 0 Å². The number of ether oxygens (including phenoxy) is 2. The van der Waals surface area contributed by atoms with Gasteiger partial charge in [0.1, 0.15) is 5.75 Å². The first-order valence-corrected chi connectivity index (χ1v) is 10.4. The van der Waals surface area contributed by atoms with Crippen LogP contribution in [0.2, 0.25) is 5.02 Å². The number of carbonyl (C=O) groups is 1. The topological polar surface area (TPSA) is 78.7 Å². The second-order valence-electron chi connectivity index (χ2n) is 7.08. The smallest absolute Gasteiger partial charge is 0.339 e. The van der Waals surface area contributed by atoms with Crippen molar-refractivity contribution in [1.29, 1.82) is 0 Å². The highest BCUT2D eigenvalue weighted by molar-refractivity contribution is 6.32. The first-order valence-electron chi connectivity index (χ1n) is 10.0. The van der Waals surface area contributed by atoms with Crippen LogP contribution in [0.1, 0.15) is 27.6 Å². The largest absolute Gasteiger partial charge is 0.449 e. The van der Waals surface area contributed by atoms with Gasteiger partial charge in [0.25, 0.3) is 0 Å². The van der Waals surface area contributed by atoms with Gasteiger partial charge < -0.3 is 9.47 Å². The highest BCUT2D eigenvalue weighted by Crippen LogP contribution is 2.38. The molecule has 0 heterocycles. The maximum Gasteiger partial charge on any atom is 0.339 e. The van der Waals surface area contributed by atoms with E-state index in [1.165, 1.54) is 42.5 Å². The van der Waals surface area contributed by atoms with Crippen LogP contribution < -0.4 is 4.74 Å². The Labute approximate surface area is 195 Å². The van der Waals surface area contributed by atoms with E-state index in [0.29, 0.717) is 11.3 Å². The molecule has 6 nitrogen and oxygen atoms in total. The number of carbonyl (C=O) groups excluding carboxylic acids is 1. The lowest BCUT2D eigenvalue weighted by Crippen LogP contribution is -2.13. The third-order valence-electron chi connectivity index (χ3n) is 4.88. The minimum absolute atomic E-state index is 0.0623. The van der Waals surface area contributed by atoms with Crippen molar-refractivity contribution in [1.82, 2.24) is 0 Å². The standard InChI is InChI=1S/C26H18ClNO5/c27-22-12-7-13-23(28(30)31)25(22)32-21-16-14-20(15-17-21)26(29)33-24(18-8-3-1-4-9-18)19-10-5-2-6-11-19/h1-17,24H. The van der Waals surface area contributed by atoms with Crippen molar-refractivity contribution < 1.29 is 19.2 Å². The van der Waals surface area contributed by atoms with E-state index in [9.17, 15) is 14.9 Å². The Morgan fingerprint density at radius 1 is 0.788 bits per heavy atom. The highest BCUT2D eigenvalue weighted by Gasteiger charge is 2.21. The molecule has 0 N–H and O–H groups in total.